The Morgan fingerprint density at radius 1 is 1.47 bits per heavy atom. The summed E-state index contributed by atoms with van der Waals surface area (Å²) < 4.78 is 6.76. The Morgan fingerprint density at radius 2 is 2.18 bits per heavy atom. The van der Waals surface area contributed by atoms with Crippen molar-refractivity contribution >= 4 is 37.8 Å². The number of halogens is 2. The highest BCUT2D eigenvalue weighted by Crippen LogP contribution is 2.21. The Labute approximate surface area is 118 Å². The number of benzene rings is 1. The van der Waals surface area contributed by atoms with Gasteiger partial charge in [0.1, 0.15) is 0 Å². The summed E-state index contributed by atoms with van der Waals surface area (Å²) in [5.74, 6) is -0.0896. The minimum absolute atomic E-state index is 0.0445. The Balaban J connectivity index is 2.75. The van der Waals surface area contributed by atoms with Crippen molar-refractivity contribution in [2.24, 2.45) is 0 Å². The minimum atomic E-state index is -0.0896. The van der Waals surface area contributed by atoms with Crippen molar-refractivity contribution in [1.29, 1.82) is 0 Å². The lowest BCUT2D eigenvalue weighted by Crippen LogP contribution is -2.37. The van der Waals surface area contributed by atoms with Crippen molar-refractivity contribution in [2.75, 3.05) is 13.7 Å². The van der Waals surface area contributed by atoms with Gasteiger partial charge in [-0.15, -0.1) is 0 Å². The topological polar surface area (TPSA) is 38.3 Å². The molecule has 0 saturated carbocycles. The number of hydrogen-bond acceptors (Lipinski definition) is 2. The highest BCUT2D eigenvalue weighted by atomic mass is 79.9. The Bertz CT molecular complexity index is 396. The number of rotatable bonds is 5. The number of methoxy groups -OCH3 is 1. The number of hydrogen-bond donors (Lipinski definition) is 1. The molecule has 1 aromatic carbocycles. The summed E-state index contributed by atoms with van der Waals surface area (Å²) in [6.45, 7) is 2.54. The van der Waals surface area contributed by atoms with E-state index in [1.54, 1.807) is 13.2 Å². The molecule has 0 fully saturated rings. The van der Waals surface area contributed by atoms with Crippen molar-refractivity contribution in [1.82, 2.24) is 5.32 Å². The quantitative estimate of drug-likeness (QED) is 0.869. The van der Waals surface area contributed by atoms with E-state index < -0.39 is 0 Å². The van der Waals surface area contributed by atoms with E-state index in [0.717, 1.165) is 15.4 Å². The van der Waals surface area contributed by atoms with E-state index in [4.69, 9.17) is 4.74 Å². The Hall–Kier alpha value is -0.390. The Kier molecular flexibility index (Phi) is 6.16. The molecule has 1 N–H and O–H groups in total. The Morgan fingerprint density at radius 3 is 2.71 bits per heavy atom. The van der Waals surface area contributed by atoms with Crippen molar-refractivity contribution in [3.63, 3.8) is 0 Å². The molecule has 0 saturated heterocycles. The molecule has 1 aromatic rings. The first-order valence-corrected chi connectivity index (χ1v) is 6.92. The molecule has 17 heavy (non-hydrogen) atoms. The van der Waals surface area contributed by atoms with Crippen LogP contribution in [0.1, 0.15) is 23.7 Å². The SMILES string of the molecule is CCC(COC)NC(=O)c1ccc(Br)cc1Br. The monoisotopic (exact) mass is 363 g/mol. The van der Waals surface area contributed by atoms with Crippen molar-refractivity contribution in [3.8, 4) is 0 Å². The third kappa shape index (κ3) is 4.41. The molecule has 0 radical (unpaired) electrons. The van der Waals surface area contributed by atoms with E-state index in [0.29, 0.717) is 12.2 Å². The lowest BCUT2D eigenvalue weighted by atomic mass is 10.2. The zero-order valence-electron chi connectivity index (χ0n) is 9.80. The van der Waals surface area contributed by atoms with Gasteiger partial charge in [-0.3, -0.25) is 4.79 Å². The molecule has 0 heterocycles. The lowest BCUT2D eigenvalue weighted by molar-refractivity contribution is 0.0894. The molecule has 1 unspecified atom stereocenters. The molecule has 0 aliphatic rings. The third-order valence-corrected chi connectivity index (χ3v) is 3.52. The molecule has 1 rings (SSSR count). The fraction of sp³-hybridized carbons (Fsp3) is 0.417. The molecule has 0 bridgehead atoms. The summed E-state index contributed by atoms with van der Waals surface area (Å²) in [4.78, 5) is 12.0. The van der Waals surface area contributed by atoms with Gasteiger partial charge in [0.15, 0.2) is 0 Å². The summed E-state index contributed by atoms with van der Waals surface area (Å²) >= 11 is 6.73. The van der Waals surface area contributed by atoms with E-state index >= 15 is 0 Å². The lowest BCUT2D eigenvalue weighted by Gasteiger charge is -2.16. The molecule has 1 atom stereocenters. The summed E-state index contributed by atoms with van der Waals surface area (Å²) in [5.41, 5.74) is 0.628. The van der Waals surface area contributed by atoms with Gasteiger partial charge in [0.25, 0.3) is 5.91 Å². The predicted molar refractivity (Wildman–Crippen MR) is 75.3 cm³/mol. The maximum atomic E-state index is 12.0. The average Bonchev–Trinajstić information content (AvgIpc) is 2.28. The summed E-state index contributed by atoms with van der Waals surface area (Å²) in [6, 6.07) is 5.52. The van der Waals surface area contributed by atoms with Gasteiger partial charge in [0, 0.05) is 16.1 Å². The molecule has 3 nitrogen and oxygen atoms in total. The van der Waals surface area contributed by atoms with Gasteiger partial charge < -0.3 is 10.1 Å². The van der Waals surface area contributed by atoms with E-state index in [1.165, 1.54) is 0 Å². The van der Waals surface area contributed by atoms with Gasteiger partial charge in [-0.2, -0.15) is 0 Å². The molecule has 0 aromatic heterocycles. The van der Waals surface area contributed by atoms with Crippen LogP contribution in [-0.4, -0.2) is 25.7 Å². The van der Waals surface area contributed by atoms with Crippen LogP contribution in [0, 0.1) is 0 Å². The van der Waals surface area contributed by atoms with Crippen molar-refractivity contribution < 1.29 is 9.53 Å². The smallest absolute Gasteiger partial charge is 0.252 e. The standard InChI is InChI=1S/C12H15Br2NO2/c1-3-9(7-17-2)15-12(16)10-5-4-8(13)6-11(10)14/h4-6,9H,3,7H2,1-2H3,(H,15,16). The van der Waals surface area contributed by atoms with Crippen LogP contribution in [0.5, 0.6) is 0 Å². The second-order valence-electron chi connectivity index (χ2n) is 3.66. The highest BCUT2D eigenvalue weighted by Gasteiger charge is 2.14. The van der Waals surface area contributed by atoms with Gasteiger partial charge in [0.2, 0.25) is 0 Å². The van der Waals surface area contributed by atoms with E-state index in [2.05, 4.69) is 37.2 Å². The van der Waals surface area contributed by atoms with Gasteiger partial charge in [0.05, 0.1) is 18.2 Å². The first-order valence-electron chi connectivity index (χ1n) is 5.33. The van der Waals surface area contributed by atoms with E-state index in [1.807, 2.05) is 19.1 Å². The minimum Gasteiger partial charge on any atom is -0.383 e. The first kappa shape index (κ1) is 14.7. The fourth-order valence-electron chi connectivity index (χ4n) is 1.40. The molecule has 94 valence electrons. The average molecular weight is 365 g/mol. The summed E-state index contributed by atoms with van der Waals surface area (Å²) in [7, 11) is 1.63. The van der Waals surface area contributed by atoms with Gasteiger partial charge >= 0.3 is 0 Å². The highest BCUT2D eigenvalue weighted by molar-refractivity contribution is 9.11. The number of nitrogens with one attached hydrogen (secondary N) is 1. The number of amides is 1. The zero-order chi connectivity index (χ0) is 12.8. The van der Waals surface area contributed by atoms with Crippen LogP contribution in [0.2, 0.25) is 0 Å². The van der Waals surface area contributed by atoms with Crippen molar-refractivity contribution in [2.45, 2.75) is 19.4 Å². The normalized spacial score (nSPS) is 12.2. The maximum absolute atomic E-state index is 12.0. The second-order valence-corrected chi connectivity index (χ2v) is 5.43. The zero-order valence-corrected chi connectivity index (χ0v) is 13.0. The molecular weight excluding hydrogens is 350 g/mol. The van der Waals surface area contributed by atoms with Crippen LogP contribution in [0.25, 0.3) is 0 Å². The summed E-state index contributed by atoms with van der Waals surface area (Å²) in [6.07, 6.45) is 0.841. The fourth-order valence-corrected chi connectivity index (χ4v) is 2.63. The number of carbonyl (C=O) groups is 1. The van der Waals surface area contributed by atoms with Crippen LogP contribution in [0.4, 0.5) is 0 Å². The van der Waals surface area contributed by atoms with Crippen LogP contribution in [-0.2, 0) is 4.74 Å². The van der Waals surface area contributed by atoms with Crippen LogP contribution in [0.3, 0.4) is 0 Å². The van der Waals surface area contributed by atoms with Gasteiger partial charge in [-0.05, 0) is 40.5 Å². The second kappa shape index (κ2) is 7.13. The van der Waals surface area contributed by atoms with Crippen LogP contribution < -0.4 is 5.32 Å². The van der Waals surface area contributed by atoms with Crippen LogP contribution >= 0.6 is 31.9 Å². The molecule has 0 aliphatic carbocycles. The molecular formula is C12H15Br2NO2. The first-order chi connectivity index (χ1) is 8.08. The molecule has 5 heteroatoms. The number of carbonyl (C=O) groups excluding carboxylic acids is 1. The molecule has 0 spiro atoms. The summed E-state index contributed by atoms with van der Waals surface area (Å²) in [5, 5.41) is 2.93. The third-order valence-electron chi connectivity index (χ3n) is 2.37. The number of ether oxygens (including phenoxy) is 1. The van der Waals surface area contributed by atoms with E-state index in [9.17, 15) is 4.79 Å². The van der Waals surface area contributed by atoms with Crippen LogP contribution in [0.15, 0.2) is 27.1 Å². The largest absolute Gasteiger partial charge is 0.383 e. The predicted octanol–water partition coefficient (Wildman–Crippen LogP) is 3.37. The van der Waals surface area contributed by atoms with Crippen molar-refractivity contribution in [3.05, 3.63) is 32.7 Å². The molecule has 0 aliphatic heterocycles. The van der Waals surface area contributed by atoms with E-state index in [-0.39, 0.29) is 11.9 Å². The van der Waals surface area contributed by atoms with Gasteiger partial charge in [-0.1, -0.05) is 22.9 Å². The maximum Gasteiger partial charge on any atom is 0.252 e. The van der Waals surface area contributed by atoms with Gasteiger partial charge in [-0.25, -0.2) is 0 Å². The molecule has 1 amide bonds.